The van der Waals surface area contributed by atoms with Crippen LogP contribution in [0, 0.1) is 24.0 Å². The first-order valence-corrected chi connectivity index (χ1v) is 5.51. The second kappa shape index (κ2) is 4.72. The minimum atomic E-state index is -0.665. The first kappa shape index (κ1) is 11.9. The molecule has 0 N–H and O–H groups in total. The largest absolute Gasteiger partial charge is 0.369 e. The standard InChI is InChI=1S/C13H14F2N2/c1-3-11-12(14)8-10(9-13(11)15)17-6-4-16(2)5-7-17/h1,8-9H,4-7H2,2H3. The fourth-order valence-electron chi connectivity index (χ4n) is 1.94. The summed E-state index contributed by atoms with van der Waals surface area (Å²) < 4.78 is 27.0. The SMILES string of the molecule is C#Cc1c(F)cc(N2CCN(C)CC2)cc1F. The van der Waals surface area contributed by atoms with Gasteiger partial charge in [-0.05, 0) is 19.2 Å². The number of halogens is 2. The maximum atomic E-state index is 13.5. The van der Waals surface area contributed by atoms with E-state index in [9.17, 15) is 8.78 Å². The summed E-state index contributed by atoms with van der Waals surface area (Å²) >= 11 is 0. The number of rotatable bonds is 1. The van der Waals surface area contributed by atoms with E-state index in [4.69, 9.17) is 6.42 Å². The number of anilines is 1. The Bertz CT molecular complexity index is 434. The fraction of sp³-hybridized carbons (Fsp3) is 0.385. The normalized spacial score (nSPS) is 16.9. The third-order valence-electron chi connectivity index (χ3n) is 3.04. The molecule has 4 heteroatoms. The van der Waals surface area contributed by atoms with Gasteiger partial charge in [-0.1, -0.05) is 5.92 Å². The zero-order valence-corrected chi connectivity index (χ0v) is 9.71. The molecule has 1 aromatic rings. The number of benzene rings is 1. The lowest BCUT2D eigenvalue weighted by atomic mass is 10.1. The summed E-state index contributed by atoms with van der Waals surface area (Å²) in [4.78, 5) is 4.14. The Morgan fingerprint density at radius 3 is 2.12 bits per heavy atom. The van der Waals surface area contributed by atoms with Crippen LogP contribution in [-0.4, -0.2) is 38.1 Å². The molecule has 1 aliphatic rings. The van der Waals surface area contributed by atoms with Crippen molar-refractivity contribution in [1.82, 2.24) is 4.90 Å². The van der Waals surface area contributed by atoms with Crippen molar-refractivity contribution in [2.75, 3.05) is 38.1 Å². The van der Waals surface area contributed by atoms with E-state index in [0.29, 0.717) is 5.69 Å². The molecule has 0 amide bonds. The minimum absolute atomic E-state index is 0.289. The summed E-state index contributed by atoms with van der Waals surface area (Å²) in [7, 11) is 2.03. The fourth-order valence-corrected chi connectivity index (χ4v) is 1.94. The number of hydrogen-bond acceptors (Lipinski definition) is 2. The molecule has 0 spiro atoms. The maximum absolute atomic E-state index is 13.5. The Hall–Kier alpha value is -1.60. The topological polar surface area (TPSA) is 6.48 Å². The monoisotopic (exact) mass is 236 g/mol. The Morgan fingerprint density at radius 1 is 1.12 bits per heavy atom. The Morgan fingerprint density at radius 2 is 1.65 bits per heavy atom. The van der Waals surface area contributed by atoms with Gasteiger partial charge in [0.25, 0.3) is 0 Å². The van der Waals surface area contributed by atoms with Crippen molar-refractivity contribution < 1.29 is 8.78 Å². The highest BCUT2D eigenvalue weighted by molar-refractivity contribution is 5.52. The smallest absolute Gasteiger partial charge is 0.143 e. The first-order chi connectivity index (χ1) is 8.11. The van der Waals surface area contributed by atoms with Crippen molar-refractivity contribution in [2.24, 2.45) is 0 Å². The van der Waals surface area contributed by atoms with Gasteiger partial charge in [0.15, 0.2) is 0 Å². The van der Waals surface area contributed by atoms with Gasteiger partial charge in [0.1, 0.15) is 11.6 Å². The van der Waals surface area contributed by atoms with Gasteiger partial charge in [0, 0.05) is 31.9 Å². The molecule has 1 aliphatic heterocycles. The van der Waals surface area contributed by atoms with Crippen molar-refractivity contribution in [3.05, 3.63) is 29.3 Å². The van der Waals surface area contributed by atoms with Crippen LogP contribution in [0.15, 0.2) is 12.1 Å². The van der Waals surface area contributed by atoms with Crippen molar-refractivity contribution in [2.45, 2.75) is 0 Å². The Kier molecular flexibility index (Phi) is 3.30. The number of terminal acetylenes is 1. The quantitative estimate of drug-likeness (QED) is 0.685. The van der Waals surface area contributed by atoms with Gasteiger partial charge in [-0.3, -0.25) is 0 Å². The van der Waals surface area contributed by atoms with Gasteiger partial charge in [-0.15, -0.1) is 6.42 Å². The third-order valence-corrected chi connectivity index (χ3v) is 3.04. The molecule has 1 aromatic carbocycles. The van der Waals surface area contributed by atoms with E-state index >= 15 is 0 Å². The molecular weight excluding hydrogens is 222 g/mol. The van der Waals surface area contributed by atoms with Gasteiger partial charge in [-0.25, -0.2) is 8.78 Å². The second-order valence-corrected chi connectivity index (χ2v) is 4.22. The van der Waals surface area contributed by atoms with Gasteiger partial charge in [0.05, 0.1) is 5.56 Å². The Labute approximate surface area is 99.8 Å². The number of hydrogen-bond donors (Lipinski definition) is 0. The van der Waals surface area contributed by atoms with Gasteiger partial charge in [-0.2, -0.15) is 0 Å². The van der Waals surface area contributed by atoms with Crippen molar-refractivity contribution in [1.29, 1.82) is 0 Å². The summed E-state index contributed by atoms with van der Waals surface area (Å²) in [6.45, 7) is 3.32. The van der Waals surface area contributed by atoms with Crippen LogP contribution in [0.3, 0.4) is 0 Å². The molecule has 2 nitrogen and oxygen atoms in total. The number of likely N-dealkylation sites (N-methyl/N-ethyl adjacent to an activating group) is 1. The molecular formula is C13H14F2N2. The molecule has 90 valence electrons. The van der Waals surface area contributed by atoms with E-state index in [1.54, 1.807) is 0 Å². The highest BCUT2D eigenvalue weighted by Crippen LogP contribution is 2.22. The zero-order valence-electron chi connectivity index (χ0n) is 9.71. The molecule has 0 aliphatic carbocycles. The predicted octanol–water partition coefficient (Wildman–Crippen LogP) is 1.70. The highest BCUT2D eigenvalue weighted by Gasteiger charge is 2.17. The maximum Gasteiger partial charge on any atom is 0.143 e. The van der Waals surface area contributed by atoms with Crippen LogP contribution in [0.1, 0.15) is 5.56 Å². The van der Waals surface area contributed by atoms with Crippen molar-refractivity contribution >= 4 is 5.69 Å². The van der Waals surface area contributed by atoms with E-state index in [1.807, 2.05) is 17.9 Å². The summed E-state index contributed by atoms with van der Waals surface area (Å²) in [6.07, 6.45) is 5.05. The summed E-state index contributed by atoms with van der Waals surface area (Å²) in [6, 6.07) is 2.62. The molecule has 0 unspecified atom stereocenters. The van der Waals surface area contributed by atoms with Crippen LogP contribution in [0.5, 0.6) is 0 Å². The average molecular weight is 236 g/mol. The molecule has 1 heterocycles. The second-order valence-electron chi connectivity index (χ2n) is 4.22. The molecule has 0 bridgehead atoms. The van der Waals surface area contributed by atoms with Crippen molar-refractivity contribution in [3.63, 3.8) is 0 Å². The van der Waals surface area contributed by atoms with Crippen LogP contribution < -0.4 is 4.90 Å². The highest BCUT2D eigenvalue weighted by atomic mass is 19.1. The molecule has 1 fully saturated rings. The molecule has 0 radical (unpaired) electrons. The van der Waals surface area contributed by atoms with E-state index < -0.39 is 11.6 Å². The van der Waals surface area contributed by atoms with Crippen LogP contribution in [0.4, 0.5) is 14.5 Å². The van der Waals surface area contributed by atoms with Crippen LogP contribution in [-0.2, 0) is 0 Å². The van der Waals surface area contributed by atoms with Crippen molar-refractivity contribution in [3.8, 4) is 12.3 Å². The van der Waals surface area contributed by atoms with E-state index in [0.717, 1.165) is 26.2 Å². The van der Waals surface area contributed by atoms with Gasteiger partial charge < -0.3 is 9.80 Å². The zero-order chi connectivity index (χ0) is 12.4. The molecule has 1 saturated heterocycles. The summed E-state index contributed by atoms with van der Waals surface area (Å²) in [5, 5.41) is 0. The van der Waals surface area contributed by atoms with E-state index in [2.05, 4.69) is 4.90 Å². The molecule has 17 heavy (non-hydrogen) atoms. The van der Waals surface area contributed by atoms with Crippen LogP contribution >= 0.6 is 0 Å². The predicted molar refractivity (Wildman–Crippen MR) is 64.0 cm³/mol. The van der Waals surface area contributed by atoms with Gasteiger partial charge >= 0.3 is 0 Å². The molecule has 2 rings (SSSR count). The number of nitrogens with zero attached hydrogens (tertiary/aromatic N) is 2. The minimum Gasteiger partial charge on any atom is -0.369 e. The lowest BCUT2D eigenvalue weighted by molar-refractivity contribution is 0.312. The first-order valence-electron chi connectivity index (χ1n) is 5.51. The molecule has 0 aromatic heterocycles. The molecule has 0 atom stereocenters. The summed E-state index contributed by atoms with van der Waals surface area (Å²) in [5.74, 6) is 0.693. The third kappa shape index (κ3) is 2.40. The number of piperazine rings is 1. The van der Waals surface area contributed by atoms with Crippen LogP contribution in [0.25, 0.3) is 0 Å². The van der Waals surface area contributed by atoms with Crippen LogP contribution in [0.2, 0.25) is 0 Å². The molecule has 0 saturated carbocycles. The van der Waals surface area contributed by atoms with Gasteiger partial charge in [0.2, 0.25) is 0 Å². The van der Waals surface area contributed by atoms with E-state index in [1.165, 1.54) is 12.1 Å². The average Bonchev–Trinajstić information content (AvgIpc) is 2.29. The van der Waals surface area contributed by atoms with E-state index in [-0.39, 0.29) is 5.56 Å². The lowest BCUT2D eigenvalue weighted by Gasteiger charge is -2.34. The Balaban J connectivity index is 2.26. The lowest BCUT2D eigenvalue weighted by Crippen LogP contribution is -2.44. The summed E-state index contributed by atoms with van der Waals surface area (Å²) in [5.41, 5.74) is 0.273.